The van der Waals surface area contributed by atoms with Crippen LogP contribution in [0.25, 0.3) is 0 Å². The maximum Gasteiger partial charge on any atom is 0.332 e. The molecule has 0 aromatic carbocycles. The van der Waals surface area contributed by atoms with Crippen molar-refractivity contribution in [1.82, 2.24) is 0 Å². The van der Waals surface area contributed by atoms with E-state index in [9.17, 15) is 9.18 Å². The zero-order chi connectivity index (χ0) is 11.2. The van der Waals surface area contributed by atoms with Gasteiger partial charge in [-0.05, 0) is 33.8 Å². The Morgan fingerprint density at radius 3 is 2.50 bits per heavy atom. The Balaban J connectivity index is 3.75. The maximum atomic E-state index is 11.7. The quantitative estimate of drug-likeness (QED) is 0.659. The lowest BCUT2D eigenvalue weighted by molar-refractivity contribution is -0.161. The fourth-order valence-corrected chi connectivity index (χ4v) is 0.728. The number of hydrogen-bond donors (Lipinski definition) is 0. The van der Waals surface area contributed by atoms with Crippen molar-refractivity contribution in [2.45, 2.75) is 39.4 Å². The molecular formula is C10H17FO3. The van der Waals surface area contributed by atoms with E-state index in [2.05, 4.69) is 0 Å². The minimum Gasteiger partial charge on any atom is -0.458 e. The van der Waals surface area contributed by atoms with E-state index in [1.54, 1.807) is 27.7 Å². The molecule has 0 unspecified atom stereocenters. The first-order valence-corrected chi connectivity index (χ1v) is 4.45. The van der Waals surface area contributed by atoms with Crippen molar-refractivity contribution in [1.29, 1.82) is 0 Å². The van der Waals surface area contributed by atoms with E-state index < -0.39 is 17.7 Å². The van der Waals surface area contributed by atoms with E-state index in [1.165, 1.54) is 6.08 Å². The van der Waals surface area contributed by atoms with Gasteiger partial charge in [-0.1, -0.05) is 0 Å². The number of hydrogen-bond acceptors (Lipinski definition) is 3. The molecule has 0 aliphatic rings. The molecule has 0 N–H and O–H groups in total. The van der Waals surface area contributed by atoms with Gasteiger partial charge in [0, 0.05) is 0 Å². The molecular weight excluding hydrogens is 187 g/mol. The van der Waals surface area contributed by atoms with Crippen molar-refractivity contribution in [3.05, 3.63) is 12.4 Å². The average molecular weight is 204 g/mol. The van der Waals surface area contributed by atoms with E-state index in [0.29, 0.717) is 6.33 Å². The molecule has 4 heteroatoms. The minimum absolute atomic E-state index is 0.164. The topological polar surface area (TPSA) is 35.5 Å². The highest BCUT2D eigenvalue weighted by molar-refractivity contribution is 5.71. The lowest BCUT2D eigenvalue weighted by Gasteiger charge is -2.19. The minimum atomic E-state index is -0.514. The predicted octanol–water partition coefficient (Wildman–Crippen LogP) is 2.22. The van der Waals surface area contributed by atoms with Gasteiger partial charge < -0.3 is 9.47 Å². The van der Waals surface area contributed by atoms with E-state index >= 15 is 0 Å². The van der Waals surface area contributed by atoms with Gasteiger partial charge in [-0.2, -0.15) is 0 Å². The number of esters is 1. The smallest absolute Gasteiger partial charge is 0.332 e. The fourth-order valence-electron chi connectivity index (χ4n) is 0.728. The first-order chi connectivity index (χ1) is 6.35. The van der Waals surface area contributed by atoms with Gasteiger partial charge in [-0.3, -0.25) is 0 Å². The summed E-state index contributed by atoms with van der Waals surface area (Å²) in [6.45, 7) is 6.80. The lowest BCUT2D eigenvalue weighted by atomic mass is 10.2. The summed E-state index contributed by atoms with van der Waals surface area (Å²) in [7, 11) is 0. The molecule has 0 aliphatic carbocycles. The number of carbonyl (C=O) groups excluding carboxylic acids is 1. The van der Waals surface area contributed by atoms with Crippen LogP contribution < -0.4 is 0 Å². The Morgan fingerprint density at radius 1 is 1.50 bits per heavy atom. The van der Waals surface area contributed by atoms with Gasteiger partial charge in [0.15, 0.2) is 0 Å². The van der Waals surface area contributed by atoms with E-state index in [-0.39, 0.29) is 6.61 Å². The van der Waals surface area contributed by atoms with Crippen molar-refractivity contribution in [3.8, 4) is 0 Å². The van der Waals surface area contributed by atoms with Crippen LogP contribution in [0.2, 0.25) is 0 Å². The number of ether oxygens (including phenoxy) is 2. The molecule has 1 atom stereocenters. The molecule has 0 spiro atoms. The molecule has 0 fully saturated rings. The van der Waals surface area contributed by atoms with Gasteiger partial charge in [0.1, 0.15) is 12.2 Å². The molecule has 0 heterocycles. The lowest BCUT2D eigenvalue weighted by Crippen LogP contribution is -2.27. The van der Waals surface area contributed by atoms with Crippen LogP contribution >= 0.6 is 0 Å². The summed E-state index contributed by atoms with van der Waals surface area (Å²) in [5, 5.41) is 0. The second-order valence-electron chi connectivity index (χ2n) is 3.92. The Labute approximate surface area is 83.9 Å². The van der Waals surface area contributed by atoms with Crippen LogP contribution in [0.1, 0.15) is 27.7 Å². The van der Waals surface area contributed by atoms with Gasteiger partial charge in [0.2, 0.25) is 0 Å². The molecule has 0 saturated carbocycles. The molecule has 0 radical (unpaired) electrons. The zero-order valence-corrected chi connectivity index (χ0v) is 9.04. The van der Waals surface area contributed by atoms with Crippen LogP contribution in [0.4, 0.5) is 4.39 Å². The Hall–Kier alpha value is -0.900. The fraction of sp³-hybridized carbons (Fsp3) is 0.700. The van der Waals surface area contributed by atoms with Gasteiger partial charge >= 0.3 is 5.97 Å². The normalized spacial score (nSPS) is 14.4. The number of rotatable bonds is 4. The molecule has 0 aromatic rings. The standard InChI is InChI=1S/C10H17FO3/c1-8(5-6-11)13-7-9(12)14-10(2,3)4/h5-6,8H,7H2,1-4H3/t8-/m0/s1. The highest BCUT2D eigenvalue weighted by Crippen LogP contribution is 2.07. The van der Waals surface area contributed by atoms with Crippen LogP contribution in [-0.2, 0) is 14.3 Å². The van der Waals surface area contributed by atoms with Crippen LogP contribution in [0, 0.1) is 0 Å². The zero-order valence-electron chi connectivity index (χ0n) is 9.04. The van der Waals surface area contributed by atoms with Gasteiger partial charge in [0.25, 0.3) is 0 Å². The molecule has 82 valence electrons. The van der Waals surface area contributed by atoms with E-state index in [4.69, 9.17) is 9.47 Å². The molecule has 0 amide bonds. The van der Waals surface area contributed by atoms with Gasteiger partial charge in [0.05, 0.1) is 12.4 Å². The van der Waals surface area contributed by atoms with Crippen LogP contribution in [-0.4, -0.2) is 24.3 Å². The molecule has 0 rings (SSSR count). The summed E-state index contributed by atoms with van der Waals surface area (Å²) in [5.41, 5.74) is -0.514. The van der Waals surface area contributed by atoms with Crippen LogP contribution in [0.3, 0.4) is 0 Å². The molecule has 0 saturated heterocycles. The summed E-state index contributed by atoms with van der Waals surface area (Å²) in [4.78, 5) is 11.1. The second-order valence-corrected chi connectivity index (χ2v) is 3.92. The molecule has 0 aliphatic heterocycles. The monoisotopic (exact) mass is 204 g/mol. The number of halogens is 1. The summed E-state index contributed by atoms with van der Waals surface area (Å²) < 4.78 is 21.6. The third-order valence-electron chi connectivity index (χ3n) is 1.23. The Kier molecular flexibility index (Phi) is 5.38. The second kappa shape index (κ2) is 5.75. The molecule has 0 aromatic heterocycles. The maximum absolute atomic E-state index is 11.7. The molecule has 3 nitrogen and oxygen atoms in total. The van der Waals surface area contributed by atoms with Crippen LogP contribution in [0.5, 0.6) is 0 Å². The van der Waals surface area contributed by atoms with E-state index in [0.717, 1.165) is 0 Å². The van der Waals surface area contributed by atoms with Crippen molar-refractivity contribution < 1.29 is 18.7 Å². The van der Waals surface area contributed by atoms with Crippen molar-refractivity contribution in [3.63, 3.8) is 0 Å². The first kappa shape index (κ1) is 13.1. The third-order valence-corrected chi connectivity index (χ3v) is 1.23. The summed E-state index contributed by atoms with van der Waals surface area (Å²) >= 11 is 0. The van der Waals surface area contributed by atoms with Gasteiger partial charge in [-0.25, -0.2) is 9.18 Å². The van der Waals surface area contributed by atoms with Crippen molar-refractivity contribution >= 4 is 5.97 Å². The SMILES string of the molecule is C[C@@H](C=CF)OCC(=O)OC(C)(C)C. The first-order valence-electron chi connectivity index (χ1n) is 4.45. The van der Waals surface area contributed by atoms with Crippen LogP contribution in [0.15, 0.2) is 12.4 Å². The highest BCUT2D eigenvalue weighted by Gasteiger charge is 2.16. The van der Waals surface area contributed by atoms with Crippen molar-refractivity contribution in [2.24, 2.45) is 0 Å². The Bertz CT molecular complexity index is 206. The Morgan fingerprint density at radius 2 is 2.07 bits per heavy atom. The van der Waals surface area contributed by atoms with Gasteiger partial charge in [-0.15, -0.1) is 0 Å². The molecule has 14 heavy (non-hydrogen) atoms. The predicted molar refractivity (Wildman–Crippen MR) is 51.5 cm³/mol. The average Bonchev–Trinajstić information content (AvgIpc) is 1.98. The van der Waals surface area contributed by atoms with E-state index in [1.807, 2.05) is 0 Å². The summed E-state index contributed by atoms with van der Waals surface area (Å²) in [5.74, 6) is -0.448. The van der Waals surface area contributed by atoms with Crippen molar-refractivity contribution in [2.75, 3.05) is 6.61 Å². The largest absolute Gasteiger partial charge is 0.458 e. The highest BCUT2D eigenvalue weighted by atomic mass is 19.1. The number of carbonyl (C=O) groups is 1. The molecule has 0 bridgehead atoms. The summed E-state index contributed by atoms with van der Waals surface area (Å²) in [6.07, 6.45) is 1.18. The summed E-state index contributed by atoms with van der Waals surface area (Å²) in [6, 6.07) is 0. The third kappa shape index (κ3) is 7.73.